The van der Waals surface area contributed by atoms with E-state index in [1.165, 1.54) is 6.07 Å². The van der Waals surface area contributed by atoms with Gasteiger partial charge in [-0.1, -0.05) is 37.6 Å². The molecule has 2 heterocycles. The van der Waals surface area contributed by atoms with Gasteiger partial charge in [0.25, 0.3) is 10.0 Å². The van der Waals surface area contributed by atoms with E-state index >= 15 is 0 Å². The number of H-pyrrole nitrogens is 1. The van der Waals surface area contributed by atoms with E-state index in [9.17, 15) is 23.1 Å². The smallest absolute Gasteiger partial charge is 0.371 e. The largest absolute Gasteiger partial charge is 0.475 e. The molecule has 0 aliphatic heterocycles. The number of carboxylic acids is 1. The first-order valence-electron chi connectivity index (χ1n) is 9.60. The number of carboxylic acid groups (broad SMARTS) is 1. The molecule has 31 heavy (non-hydrogen) atoms. The molecular weight excluding hydrogens is 420 g/mol. The summed E-state index contributed by atoms with van der Waals surface area (Å²) in [6.07, 6.45) is 3.50. The number of carbonyl (C=O) groups excluding carboxylic acids is 1. The molecule has 0 aliphatic rings. The van der Waals surface area contributed by atoms with Gasteiger partial charge in [0.1, 0.15) is 0 Å². The zero-order chi connectivity index (χ0) is 22.6. The van der Waals surface area contributed by atoms with Crippen LogP contribution in [0.1, 0.15) is 47.8 Å². The molecule has 0 atom stereocenters. The van der Waals surface area contributed by atoms with Gasteiger partial charge in [-0.25, -0.2) is 22.9 Å². The lowest BCUT2D eigenvalue weighted by molar-refractivity contribution is -0.117. The van der Waals surface area contributed by atoms with Crippen LogP contribution in [0.3, 0.4) is 0 Å². The number of rotatable bonds is 8. The van der Waals surface area contributed by atoms with E-state index in [1.807, 2.05) is 11.6 Å². The van der Waals surface area contributed by atoms with Gasteiger partial charge in [0.05, 0.1) is 16.3 Å². The van der Waals surface area contributed by atoms with Crippen LogP contribution in [-0.4, -0.2) is 40.4 Å². The van der Waals surface area contributed by atoms with Crippen molar-refractivity contribution in [2.75, 3.05) is 0 Å². The summed E-state index contributed by atoms with van der Waals surface area (Å²) in [5.41, 5.74) is 3.02. The van der Waals surface area contributed by atoms with Gasteiger partial charge in [0, 0.05) is 30.8 Å². The second kappa shape index (κ2) is 9.09. The number of hydrogen-bond donors (Lipinski definition) is 3. The summed E-state index contributed by atoms with van der Waals surface area (Å²) in [4.78, 5) is 33.8. The molecule has 0 spiro atoms. The van der Waals surface area contributed by atoms with Crippen molar-refractivity contribution >= 4 is 21.9 Å². The maximum Gasteiger partial charge on any atom is 0.371 e. The summed E-state index contributed by atoms with van der Waals surface area (Å²) < 4.78 is 26.9. The number of pyridine rings is 1. The second-order valence-electron chi connectivity index (χ2n) is 6.95. The molecule has 0 fully saturated rings. The number of aromatic amines is 1. The molecule has 1 aromatic carbocycles. The highest BCUT2D eigenvalue weighted by Gasteiger charge is 2.21. The highest BCUT2D eigenvalue weighted by Crippen LogP contribution is 2.26. The Morgan fingerprint density at radius 1 is 1.16 bits per heavy atom. The Bertz CT molecular complexity index is 1220. The number of nitrogens with one attached hydrogen (secondary N) is 2. The fraction of sp³-hybridized carbons (Fsp3) is 0.238. The van der Waals surface area contributed by atoms with Crippen molar-refractivity contribution in [3.63, 3.8) is 0 Å². The van der Waals surface area contributed by atoms with Gasteiger partial charge in [-0.2, -0.15) is 0 Å². The van der Waals surface area contributed by atoms with Crippen LogP contribution in [0.25, 0.3) is 11.3 Å². The number of nitrogens with zero attached hydrogens (tertiary/aromatic N) is 2. The molecule has 2 aromatic heterocycles. The van der Waals surface area contributed by atoms with Gasteiger partial charge in [-0.3, -0.25) is 9.78 Å². The number of hydrogen-bond acceptors (Lipinski definition) is 6. The monoisotopic (exact) mass is 442 g/mol. The summed E-state index contributed by atoms with van der Waals surface area (Å²) in [7, 11) is -4.02. The molecule has 9 nitrogen and oxygen atoms in total. The van der Waals surface area contributed by atoms with Crippen molar-refractivity contribution in [1.29, 1.82) is 0 Å². The minimum absolute atomic E-state index is 0.0460. The van der Waals surface area contributed by atoms with Crippen LogP contribution < -0.4 is 4.72 Å². The summed E-state index contributed by atoms with van der Waals surface area (Å²) in [5.74, 6) is -1.89. The molecule has 162 valence electrons. The number of benzene rings is 1. The molecule has 0 radical (unpaired) electrons. The van der Waals surface area contributed by atoms with Gasteiger partial charge >= 0.3 is 5.97 Å². The zero-order valence-corrected chi connectivity index (χ0v) is 17.9. The minimum atomic E-state index is -4.02. The lowest BCUT2D eigenvalue weighted by Gasteiger charge is -2.11. The quantitative estimate of drug-likeness (QED) is 0.486. The summed E-state index contributed by atoms with van der Waals surface area (Å²) >= 11 is 0. The van der Waals surface area contributed by atoms with Crippen molar-refractivity contribution in [2.45, 2.75) is 38.0 Å². The van der Waals surface area contributed by atoms with Gasteiger partial charge < -0.3 is 10.1 Å². The van der Waals surface area contributed by atoms with E-state index in [0.29, 0.717) is 35.5 Å². The molecule has 3 rings (SSSR count). The van der Waals surface area contributed by atoms with Crippen LogP contribution in [0.5, 0.6) is 0 Å². The lowest BCUT2D eigenvalue weighted by atomic mass is 10.1. The van der Waals surface area contributed by atoms with Gasteiger partial charge in [-0.05, 0) is 24.1 Å². The van der Waals surface area contributed by atoms with Crippen LogP contribution in [0, 0.1) is 0 Å². The average molecular weight is 442 g/mol. The normalized spacial score (nSPS) is 11.3. The van der Waals surface area contributed by atoms with E-state index in [-0.39, 0.29) is 10.7 Å². The molecule has 0 bridgehead atoms. The first kappa shape index (κ1) is 22.2. The number of sulfonamides is 1. The van der Waals surface area contributed by atoms with E-state index in [2.05, 4.69) is 15.0 Å². The predicted octanol–water partition coefficient (Wildman–Crippen LogP) is 2.54. The number of aromatic nitrogens is 3. The Morgan fingerprint density at radius 2 is 1.90 bits per heavy atom. The Labute approximate surface area is 179 Å². The van der Waals surface area contributed by atoms with Crippen molar-refractivity contribution < 1.29 is 23.1 Å². The van der Waals surface area contributed by atoms with Gasteiger partial charge in [0.2, 0.25) is 11.7 Å². The number of aryl methyl sites for hydroxylation is 1. The third kappa shape index (κ3) is 5.15. The summed E-state index contributed by atoms with van der Waals surface area (Å²) in [5, 5.41) is 9.18. The minimum Gasteiger partial charge on any atom is -0.475 e. The molecule has 3 N–H and O–H groups in total. The van der Waals surface area contributed by atoms with Gasteiger partial charge in [-0.15, -0.1) is 0 Å². The van der Waals surface area contributed by atoms with E-state index in [4.69, 9.17) is 0 Å². The predicted molar refractivity (Wildman–Crippen MR) is 113 cm³/mol. The molecule has 0 unspecified atom stereocenters. The van der Waals surface area contributed by atoms with Crippen molar-refractivity contribution in [3.8, 4) is 11.3 Å². The van der Waals surface area contributed by atoms with Gasteiger partial charge in [0.15, 0.2) is 0 Å². The van der Waals surface area contributed by atoms with Crippen LogP contribution in [-0.2, 0) is 27.7 Å². The average Bonchev–Trinajstić information content (AvgIpc) is 3.11. The van der Waals surface area contributed by atoms with Crippen LogP contribution in [0.2, 0.25) is 0 Å². The van der Waals surface area contributed by atoms with Crippen LogP contribution >= 0.6 is 0 Å². The van der Waals surface area contributed by atoms with E-state index in [1.54, 1.807) is 36.5 Å². The van der Waals surface area contributed by atoms with E-state index < -0.39 is 21.9 Å². The first-order chi connectivity index (χ1) is 14.7. The topological polar surface area (TPSA) is 142 Å². The fourth-order valence-corrected chi connectivity index (χ4v) is 4.39. The third-order valence-corrected chi connectivity index (χ3v) is 5.98. The highest BCUT2D eigenvalue weighted by atomic mass is 32.2. The molecule has 1 amide bonds. The van der Waals surface area contributed by atoms with Crippen molar-refractivity contribution in [1.82, 2.24) is 19.7 Å². The maximum atomic E-state index is 12.5. The Kier molecular flexibility index (Phi) is 6.50. The number of amides is 1. The van der Waals surface area contributed by atoms with Crippen LogP contribution in [0.15, 0.2) is 47.5 Å². The van der Waals surface area contributed by atoms with Crippen molar-refractivity contribution in [3.05, 3.63) is 65.4 Å². The molecule has 3 aromatic rings. The molecule has 0 saturated carbocycles. The Balaban J connectivity index is 1.91. The fourth-order valence-electron chi connectivity index (χ4n) is 3.19. The molecule has 10 heteroatoms. The molecular formula is C21H22N4O5S. The number of aromatic carboxylic acids is 1. The first-order valence-corrected chi connectivity index (χ1v) is 11.1. The Hall–Kier alpha value is -3.53. The third-order valence-electron chi connectivity index (χ3n) is 4.49. The van der Waals surface area contributed by atoms with Crippen LogP contribution in [0.4, 0.5) is 0 Å². The number of carbonyl (C=O) groups is 2. The summed E-state index contributed by atoms with van der Waals surface area (Å²) in [6, 6.07) is 9.76. The lowest BCUT2D eigenvalue weighted by Crippen LogP contribution is -2.28. The van der Waals surface area contributed by atoms with Crippen molar-refractivity contribution in [2.24, 2.45) is 0 Å². The standard InChI is InChI=1S/C21H22N4O5S/c1-3-6-17-18(24-20(23-17)21(27)28)11-14-9-10-16(22-12-14)15-7-4-5-8-19(15)31(29,30)25-13(2)26/h4-5,7-10,12H,3,6,11H2,1-2H3,(H,23,24)(H,25,26)(H,27,28). The maximum absolute atomic E-state index is 12.5. The summed E-state index contributed by atoms with van der Waals surface area (Å²) in [6.45, 7) is 3.12. The SMILES string of the molecule is CCCc1nc(C(=O)O)[nH]c1Cc1ccc(-c2ccccc2S(=O)(=O)NC(C)=O)nc1. The molecule has 0 saturated heterocycles. The second-order valence-corrected chi connectivity index (χ2v) is 8.60. The highest BCUT2D eigenvalue weighted by molar-refractivity contribution is 7.90. The molecule has 0 aliphatic carbocycles. The zero-order valence-electron chi connectivity index (χ0n) is 17.0. The Morgan fingerprint density at radius 3 is 2.52 bits per heavy atom. The van der Waals surface area contributed by atoms with E-state index in [0.717, 1.165) is 18.9 Å². The number of imidazole rings is 1.